The van der Waals surface area contributed by atoms with Crippen LogP contribution in [-0.2, 0) is 22.5 Å². The van der Waals surface area contributed by atoms with Crippen LogP contribution in [0, 0.1) is 0 Å². The molecule has 2 heterocycles. The lowest BCUT2D eigenvalue weighted by Crippen LogP contribution is -2.45. The Bertz CT molecular complexity index is 1160. The van der Waals surface area contributed by atoms with Crippen LogP contribution in [0.5, 0.6) is 0 Å². The first-order valence-corrected chi connectivity index (χ1v) is 12.8. The number of carbonyl (C=O) groups is 1. The first-order valence-electron chi connectivity index (χ1n) is 11.0. The number of thiazole rings is 1. The standard InChI is InChI=1S/C26H28N4O2S2/c1-27-22(16-18-7-4-3-5-8-18)25(31)28-21(15-19-10-12-20(13-11-19)30-32-2)23-17-34-26(29-23)24-9-6-14-33-24/h3-14,17,21-22,27,30H,15-16H2,1-2H3,(H,28,31). The lowest BCUT2D eigenvalue weighted by atomic mass is 10.0. The Labute approximate surface area is 208 Å². The lowest BCUT2D eigenvalue weighted by Gasteiger charge is -2.22. The number of carbonyl (C=O) groups excluding carboxylic acids is 1. The third-order valence-electron chi connectivity index (χ3n) is 5.49. The second-order valence-electron chi connectivity index (χ2n) is 7.85. The molecule has 3 N–H and O–H groups in total. The maximum Gasteiger partial charge on any atom is 0.238 e. The van der Waals surface area contributed by atoms with Crippen molar-refractivity contribution in [3.8, 4) is 9.88 Å². The van der Waals surface area contributed by atoms with Crippen LogP contribution in [0.3, 0.4) is 0 Å². The first kappa shape index (κ1) is 24.1. The van der Waals surface area contributed by atoms with Gasteiger partial charge in [0, 0.05) is 5.38 Å². The second kappa shape index (κ2) is 11.9. The van der Waals surface area contributed by atoms with E-state index in [9.17, 15) is 4.79 Å². The normalized spacial score (nSPS) is 12.8. The fourth-order valence-corrected chi connectivity index (χ4v) is 5.39. The number of nitrogens with one attached hydrogen (secondary N) is 3. The van der Waals surface area contributed by atoms with Gasteiger partial charge in [-0.1, -0.05) is 48.5 Å². The highest BCUT2D eigenvalue weighted by Gasteiger charge is 2.24. The summed E-state index contributed by atoms with van der Waals surface area (Å²) in [6, 6.07) is 21.5. The molecule has 0 saturated heterocycles. The van der Waals surface area contributed by atoms with Gasteiger partial charge in [0.2, 0.25) is 5.91 Å². The molecule has 8 heteroatoms. The van der Waals surface area contributed by atoms with Crippen molar-refractivity contribution in [3.05, 3.63) is 94.3 Å². The zero-order chi connectivity index (χ0) is 23.8. The van der Waals surface area contributed by atoms with E-state index in [4.69, 9.17) is 9.82 Å². The molecule has 4 aromatic rings. The molecule has 2 unspecified atom stereocenters. The smallest absolute Gasteiger partial charge is 0.238 e. The molecule has 0 aliphatic rings. The highest BCUT2D eigenvalue weighted by molar-refractivity contribution is 7.20. The van der Waals surface area contributed by atoms with Gasteiger partial charge >= 0.3 is 0 Å². The maximum atomic E-state index is 13.3. The van der Waals surface area contributed by atoms with Crippen LogP contribution in [0.2, 0.25) is 0 Å². The van der Waals surface area contributed by atoms with Crippen LogP contribution in [0.15, 0.2) is 77.5 Å². The van der Waals surface area contributed by atoms with Crippen molar-refractivity contribution in [1.82, 2.24) is 15.6 Å². The van der Waals surface area contributed by atoms with E-state index in [1.807, 2.05) is 78.5 Å². The Balaban J connectivity index is 1.54. The van der Waals surface area contributed by atoms with Crippen molar-refractivity contribution in [1.29, 1.82) is 0 Å². The molecular weight excluding hydrogens is 464 g/mol. The minimum absolute atomic E-state index is 0.0419. The van der Waals surface area contributed by atoms with E-state index in [2.05, 4.69) is 22.2 Å². The molecule has 0 aliphatic carbocycles. The van der Waals surface area contributed by atoms with Gasteiger partial charge in [-0.2, -0.15) is 0 Å². The predicted octanol–water partition coefficient (Wildman–Crippen LogP) is 5.08. The summed E-state index contributed by atoms with van der Waals surface area (Å²) in [6.07, 6.45) is 1.25. The van der Waals surface area contributed by atoms with E-state index < -0.39 is 0 Å². The van der Waals surface area contributed by atoms with Crippen LogP contribution in [0.4, 0.5) is 5.69 Å². The molecule has 0 fully saturated rings. The summed E-state index contributed by atoms with van der Waals surface area (Å²) >= 11 is 3.27. The number of amides is 1. The Hall–Kier alpha value is -3.04. The fourth-order valence-electron chi connectivity index (χ4n) is 3.70. The Morgan fingerprint density at radius 3 is 2.41 bits per heavy atom. The van der Waals surface area contributed by atoms with Gasteiger partial charge in [0.1, 0.15) is 5.01 Å². The molecular formula is C26H28N4O2S2. The fraction of sp³-hybridized carbons (Fsp3) is 0.231. The summed E-state index contributed by atoms with van der Waals surface area (Å²) in [6.45, 7) is 0. The van der Waals surface area contributed by atoms with Crippen molar-refractivity contribution in [3.63, 3.8) is 0 Å². The van der Waals surface area contributed by atoms with E-state index in [1.54, 1.807) is 29.8 Å². The second-order valence-corrected chi connectivity index (χ2v) is 9.66. The molecule has 0 aliphatic heterocycles. The largest absolute Gasteiger partial charge is 0.346 e. The summed E-state index contributed by atoms with van der Waals surface area (Å²) in [5, 5.41) is 11.5. The molecule has 6 nitrogen and oxygen atoms in total. The van der Waals surface area contributed by atoms with Gasteiger partial charge in [-0.25, -0.2) is 4.98 Å². The summed E-state index contributed by atoms with van der Waals surface area (Å²) in [5.41, 5.74) is 6.79. The molecule has 34 heavy (non-hydrogen) atoms. The van der Waals surface area contributed by atoms with E-state index in [-0.39, 0.29) is 18.0 Å². The van der Waals surface area contributed by atoms with Crippen molar-refractivity contribution >= 4 is 34.3 Å². The number of anilines is 1. The molecule has 2 aromatic carbocycles. The molecule has 4 rings (SSSR count). The van der Waals surface area contributed by atoms with Gasteiger partial charge < -0.3 is 10.6 Å². The highest BCUT2D eigenvalue weighted by Crippen LogP contribution is 2.31. The molecule has 0 bridgehead atoms. The minimum Gasteiger partial charge on any atom is -0.346 e. The molecule has 2 aromatic heterocycles. The number of aromatic nitrogens is 1. The molecule has 176 valence electrons. The topological polar surface area (TPSA) is 75.3 Å². The van der Waals surface area contributed by atoms with Crippen molar-refractivity contribution in [2.45, 2.75) is 24.9 Å². The molecule has 1 amide bonds. The van der Waals surface area contributed by atoms with Crippen molar-refractivity contribution < 1.29 is 9.63 Å². The first-order chi connectivity index (χ1) is 16.7. The van der Waals surface area contributed by atoms with Gasteiger partial charge in [-0.3, -0.25) is 15.1 Å². The summed E-state index contributed by atoms with van der Waals surface area (Å²) in [4.78, 5) is 24.3. The number of hydrogen-bond donors (Lipinski definition) is 3. The van der Waals surface area contributed by atoms with Gasteiger partial charge in [-0.15, -0.1) is 22.7 Å². The van der Waals surface area contributed by atoms with Gasteiger partial charge in [0.05, 0.1) is 35.5 Å². The van der Waals surface area contributed by atoms with Crippen LogP contribution in [-0.4, -0.2) is 31.1 Å². The zero-order valence-electron chi connectivity index (χ0n) is 19.2. The van der Waals surface area contributed by atoms with Gasteiger partial charge in [0.15, 0.2) is 0 Å². The van der Waals surface area contributed by atoms with Crippen LogP contribution in [0.25, 0.3) is 9.88 Å². The molecule has 0 saturated carbocycles. The average Bonchev–Trinajstić information content (AvgIpc) is 3.56. The number of rotatable bonds is 11. The Morgan fingerprint density at radius 1 is 0.971 bits per heavy atom. The van der Waals surface area contributed by atoms with Crippen molar-refractivity contribution in [2.24, 2.45) is 0 Å². The maximum absolute atomic E-state index is 13.3. The van der Waals surface area contributed by atoms with Gasteiger partial charge in [-0.05, 0) is 54.6 Å². The quantitative estimate of drug-likeness (QED) is 0.255. The molecule has 0 radical (unpaired) electrons. The zero-order valence-corrected chi connectivity index (χ0v) is 20.8. The molecule has 2 atom stereocenters. The monoisotopic (exact) mass is 492 g/mol. The third-order valence-corrected chi connectivity index (χ3v) is 7.39. The van der Waals surface area contributed by atoms with E-state index in [0.717, 1.165) is 32.4 Å². The summed E-state index contributed by atoms with van der Waals surface area (Å²) in [5.74, 6) is -0.0419. The lowest BCUT2D eigenvalue weighted by molar-refractivity contribution is -0.123. The Kier molecular flexibility index (Phi) is 8.43. The summed E-state index contributed by atoms with van der Waals surface area (Å²) in [7, 11) is 3.40. The van der Waals surface area contributed by atoms with Crippen LogP contribution in [0.1, 0.15) is 22.9 Å². The SMILES string of the molecule is CNC(Cc1ccccc1)C(=O)NC(Cc1ccc(NOC)cc1)c1csc(-c2cccs2)n1. The molecule has 0 spiro atoms. The number of hydrogen-bond acceptors (Lipinski definition) is 7. The third kappa shape index (κ3) is 6.30. The van der Waals surface area contributed by atoms with E-state index in [1.165, 1.54) is 0 Å². The number of thiophene rings is 1. The predicted molar refractivity (Wildman–Crippen MR) is 140 cm³/mol. The number of nitrogens with zero attached hydrogens (tertiary/aromatic N) is 1. The number of benzene rings is 2. The van der Waals surface area contributed by atoms with E-state index >= 15 is 0 Å². The summed E-state index contributed by atoms with van der Waals surface area (Å²) < 4.78 is 0. The van der Waals surface area contributed by atoms with Crippen molar-refractivity contribution in [2.75, 3.05) is 19.6 Å². The Morgan fingerprint density at radius 2 is 1.74 bits per heavy atom. The highest BCUT2D eigenvalue weighted by atomic mass is 32.1. The van der Waals surface area contributed by atoms with E-state index in [0.29, 0.717) is 12.8 Å². The average molecular weight is 493 g/mol. The van der Waals surface area contributed by atoms with Crippen LogP contribution >= 0.6 is 22.7 Å². The van der Waals surface area contributed by atoms with Crippen LogP contribution < -0.4 is 16.1 Å². The van der Waals surface area contributed by atoms with Gasteiger partial charge in [0.25, 0.3) is 0 Å². The minimum atomic E-state index is -0.339. The number of likely N-dealkylation sites (N-methyl/N-ethyl adjacent to an activating group) is 1.